The topological polar surface area (TPSA) is 71.5 Å². The molecule has 5 nitrogen and oxygen atoms in total. The van der Waals surface area contributed by atoms with Crippen LogP contribution in [0.25, 0.3) is 10.9 Å². The third kappa shape index (κ3) is 3.75. The summed E-state index contributed by atoms with van der Waals surface area (Å²) in [5.74, 6) is 0.475. The Morgan fingerprint density at radius 2 is 1.83 bits per heavy atom. The fourth-order valence-electron chi connectivity index (χ4n) is 3.34. The van der Waals surface area contributed by atoms with E-state index in [9.17, 15) is 9.90 Å². The summed E-state index contributed by atoms with van der Waals surface area (Å²) >= 11 is 0. The first-order chi connectivity index (χ1) is 14.2. The average Bonchev–Trinajstić information content (AvgIpc) is 2.79. The zero-order valence-electron chi connectivity index (χ0n) is 15.9. The molecule has 3 aromatic carbocycles. The van der Waals surface area contributed by atoms with Crippen LogP contribution in [0, 0.1) is 0 Å². The molecule has 0 saturated heterocycles. The molecule has 0 radical (unpaired) electrons. The molecule has 0 aliphatic heterocycles. The largest absolute Gasteiger partial charge is 0.505 e. The van der Waals surface area contributed by atoms with Crippen molar-refractivity contribution in [2.45, 2.75) is 6.04 Å². The lowest BCUT2D eigenvalue weighted by Gasteiger charge is -2.22. The second kappa shape index (κ2) is 8.02. The van der Waals surface area contributed by atoms with Crippen molar-refractivity contribution in [3.63, 3.8) is 0 Å². The first-order valence-corrected chi connectivity index (χ1v) is 9.24. The second-order valence-corrected chi connectivity index (χ2v) is 6.63. The molecule has 0 aliphatic rings. The number of pyridine rings is 1. The number of phenolic OH excluding ortho intramolecular Hbond substituents is 1. The van der Waals surface area contributed by atoms with E-state index in [0.29, 0.717) is 22.4 Å². The highest BCUT2D eigenvalue weighted by atomic mass is 16.5. The van der Waals surface area contributed by atoms with Gasteiger partial charge in [0.1, 0.15) is 17.0 Å². The number of benzene rings is 3. The fourth-order valence-corrected chi connectivity index (χ4v) is 3.34. The van der Waals surface area contributed by atoms with Gasteiger partial charge in [0.05, 0.1) is 13.2 Å². The number of amides is 1. The van der Waals surface area contributed by atoms with Crippen LogP contribution in [-0.4, -0.2) is 23.1 Å². The Balaban J connectivity index is 1.82. The minimum Gasteiger partial charge on any atom is -0.505 e. The number of nitrogens with zero attached hydrogens (tertiary/aromatic N) is 1. The molecule has 1 aromatic heterocycles. The number of carbonyl (C=O) groups excluding carboxylic acids is 1. The van der Waals surface area contributed by atoms with E-state index >= 15 is 0 Å². The van der Waals surface area contributed by atoms with Gasteiger partial charge in [-0.05, 0) is 35.9 Å². The minimum atomic E-state index is -0.579. The summed E-state index contributed by atoms with van der Waals surface area (Å²) in [6.07, 6.45) is 1.63. The van der Waals surface area contributed by atoms with Crippen LogP contribution in [-0.2, 0) is 0 Å². The van der Waals surface area contributed by atoms with Crippen LogP contribution in [0.3, 0.4) is 0 Å². The molecule has 29 heavy (non-hydrogen) atoms. The third-order valence-corrected chi connectivity index (χ3v) is 4.83. The summed E-state index contributed by atoms with van der Waals surface area (Å²) in [6, 6.07) is 23.2. The van der Waals surface area contributed by atoms with Crippen LogP contribution in [0.4, 0.5) is 0 Å². The van der Waals surface area contributed by atoms with E-state index < -0.39 is 6.04 Å². The van der Waals surface area contributed by atoms with E-state index in [0.717, 1.165) is 10.9 Å². The van der Waals surface area contributed by atoms with Gasteiger partial charge in [0.25, 0.3) is 5.91 Å². The summed E-state index contributed by atoms with van der Waals surface area (Å²) in [7, 11) is 1.59. The predicted octanol–water partition coefficient (Wildman–Crippen LogP) is 4.47. The molecule has 0 unspecified atom stereocenters. The van der Waals surface area contributed by atoms with Crippen molar-refractivity contribution in [2.75, 3.05) is 7.11 Å². The van der Waals surface area contributed by atoms with Crippen molar-refractivity contribution < 1.29 is 14.6 Å². The maximum atomic E-state index is 12.9. The number of hydrogen-bond donors (Lipinski definition) is 2. The normalized spacial score (nSPS) is 11.8. The Kier molecular flexibility index (Phi) is 5.12. The molecule has 1 amide bonds. The van der Waals surface area contributed by atoms with Crippen LogP contribution in [0.15, 0.2) is 85.1 Å². The molecule has 2 N–H and O–H groups in total. The minimum absolute atomic E-state index is 0.0456. The summed E-state index contributed by atoms with van der Waals surface area (Å²) in [5.41, 5.74) is 2.39. The lowest BCUT2D eigenvalue weighted by atomic mass is 9.95. The standard InChI is InChI=1S/C24H20N2O3/c1-29-19-11-5-9-18(15-19)21(26-24(28)17-7-3-2-4-8-17)20-13-12-16-10-6-14-25-22(16)23(20)27/h2-15,21,27H,1H3,(H,26,28)/t21-/m0/s1. The maximum Gasteiger partial charge on any atom is 0.252 e. The summed E-state index contributed by atoms with van der Waals surface area (Å²) in [4.78, 5) is 17.2. The number of hydrogen-bond acceptors (Lipinski definition) is 4. The van der Waals surface area contributed by atoms with Crippen LogP contribution in [0.2, 0.25) is 0 Å². The molecule has 0 bridgehead atoms. The highest BCUT2D eigenvalue weighted by Crippen LogP contribution is 2.35. The van der Waals surface area contributed by atoms with E-state index in [1.807, 2.05) is 66.7 Å². The molecule has 0 aliphatic carbocycles. The highest BCUT2D eigenvalue weighted by Gasteiger charge is 2.23. The number of aromatic hydroxyl groups is 1. The van der Waals surface area contributed by atoms with Crippen molar-refractivity contribution >= 4 is 16.8 Å². The molecule has 1 heterocycles. The SMILES string of the molecule is COc1cccc([C@H](NC(=O)c2ccccc2)c2ccc3cccnc3c2O)c1. The number of rotatable bonds is 5. The lowest BCUT2D eigenvalue weighted by Crippen LogP contribution is -2.29. The van der Waals surface area contributed by atoms with Crippen LogP contribution in [0.5, 0.6) is 11.5 Å². The molecule has 4 rings (SSSR count). The van der Waals surface area contributed by atoms with Gasteiger partial charge in [0, 0.05) is 22.7 Å². The van der Waals surface area contributed by atoms with Crippen molar-refractivity contribution in [3.8, 4) is 11.5 Å². The number of methoxy groups -OCH3 is 1. The van der Waals surface area contributed by atoms with Gasteiger partial charge in [-0.15, -0.1) is 0 Å². The summed E-state index contributed by atoms with van der Waals surface area (Å²) in [6.45, 7) is 0. The first-order valence-electron chi connectivity index (χ1n) is 9.24. The van der Waals surface area contributed by atoms with Gasteiger partial charge in [-0.2, -0.15) is 0 Å². The molecule has 0 spiro atoms. The number of nitrogens with one attached hydrogen (secondary N) is 1. The fraction of sp³-hybridized carbons (Fsp3) is 0.0833. The molecule has 0 fully saturated rings. The molecular formula is C24H20N2O3. The van der Waals surface area contributed by atoms with Crippen molar-refractivity contribution in [3.05, 3.63) is 102 Å². The Labute approximate surface area is 168 Å². The Morgan fingerprint density at radius 1 is 1.00 bits per heavy atom. The maximum absolute atomic E-state index is 12.9. The third-order valence-electron chi connectivity index (χ3n) is 4.83. The molecule has 4 aromatic rings. The molecule has 5 heteroatoms. The van der Waals surface area contributed by atoms with E-state index in [-0.39, 0.29) is 11.7 Å². The number of phenols is 1. The van der Waals surface area contributed by atoms with Crippen molar-refractivity contribution in [1.82, 2.24) is 10.3 Å². The van der Waals surface area contributed by atoms with Gasteiger partial charge < -0.3 is 15.2 Å². The number of aromatic nitrogens is 1. The molecular weight excluding hydrogens is 364 g/mol. The van der Waals surface area contributed by atoms with E-state index in [1.165, 1.54) is 0 Å². The highest BCUT2D eigenvalue weighted by molar-refractivity contribution is 5.95. The van der Waals surface area contributed by atoms with E-state index in [4.69, 9.17) is 4.74 Å². The smallest absolute Gasteiger partial charge is 0.252 e. The van der Waals surface area contributed by atoms with Gasteiger partial charge >= 0.3 is 0 Å². The monoisotopic (exact) mass is 384 g/mol. The van der Waals surface area contributed by atoms with Crippen molar-refractivity contribution in [1.29, 1.82) is 0 Å². The Morgan fingerprint density at radius 3 is 2.62 bits per heavy atom. The summed E-state index contributed by atoms with van der Waals surface area (Å²) < 4.78 is 5.34. The zero-order valence-corrected chi connectivity index (χ0v) is 15.9. The van der Waals surface area contributed by atoms with Gasteiger partial charge in [-0.1, -0.05) is 48.5 Å². The quantitative estimate of drug-likeness (QED) is 0.533. The number of carbonyl (C=O) groups is 1. The summed E-state index contributed by atoms with van der Waals surface area (Å²) in [5, 5.41) is 14.8. The van der Waals surface area contributed by atoms with Crippen LogP contribution >= 0.6 is 0 Å². The number of fused-ring (bicyclic) bond motifs is 1. The van der Waals surface area contributed by atoms with Gasteiger partial charge in [-0.3, -0.25) is 9.78 Å². The molecule has 0 saturated carbocycles. The van der Waals surface area contributed by atoms with Gasteiger partial charge in [-0.25, -0.2) is 0 Å². The van der Waals surface area contributed by atoms with Crippen LogP contribution < -0.4 is 10.1 Å². The van der Waals surface area contributed by atoms with Crippen molar-refractivity contribution in [2.24, 2.45) is 0 Å². The zero-order chi connectivity index (χ0) is 20.2. The Hall–Kier alpha value is -3.86. The average molecular weight is 384 g/mol. The van der Waals surface area contributed by atoms with Gasteiger partial charge in [0.15, 0.2) is 0 Å². The second-order valence-electron chi connectivity index (χ2n) is 6.63. The lowest BCUT2D eigenvalue weighted by molar-refractivity contribution is 0.0942. The predicted molar refractivity (Wildman–Crippen MR) is 112 cm³/mol. The van der Waals surface area contributed by atoms with E-state index in [1.54, 1.807) is 25.4 Å². The van der Waals surface area contributed by atoms with Crippen LogP contribution in [0.1, 0.15) is 27.5 Å². The van der Waals surface area contributed by atoms with E-state index in [2.05, 4.69) is 10.3 Å². The Bertz CT molecular complexity index is 1160. The molecule has 144 valence electrons. The number of ether oxygens (including phenoxy) is 1. The first kappa shape index (κ1) is 18.5. The van der Waals surface area contributed by atoms with Gasteiger partial charge in [0.2, 0.25) is 0 Å². The molecule has 1 atom stereocenters.